The smallest absolute Gasteiger partial charge is 0.212 e. The second-order valence-electron chi connectivity index (χ2n) is 6.16. The molecule has 0 amide bonds. The molecule has 0 saturated carbocycles. The second-order valence-corrected chi connectivity index (χ2v) is 7.89. The molecule has 0 atom stereocenters. The Balaban J connectivity index is 1.52. The summed E-state index contributed by atoms with van der Waals surface area (Å²) in [6.45, 7) is 1.90. The Bertz CT molecular complexity index is 1140. The molecule has 0 radical (unpaired) electrons. The number of nitrogens with zero attached hydrogens (tertiary/aromatic N) is 6. The Hall–Kier alpha value is -2.61. The lowest BCUT2D eigenvalue weighted by atomic mass is 10.2. The van der Waals surface area contributed by atoms with E-state index in [4.69, 9.17) is 23.2 Å². The van der Waals surface area contributed by atoms with Crippen molar-refractivity contribution in [3.63, 3.8) is 0 Å². The average Bonchev–Trinajstić information content (AvgIpc) is 3.30. The third kappa shape index (κ3) is 4.53. The van der Waals surface area contributed by atoms with Gasteiger partial charge in [0, 0.05) is 10.8 Å². The molecule has 0 N–H and O–H groups in total. The summed E-state index contributed by atoms with van der Waals surface area (Å²) in [5.41, 5.74) is 3.56. The van der Waals surface area contributed by atoms with Crippen LogP contribution in [0.4, 0.5) is 0 Å². The Morgan fingerprint density at radius 2 is 1.83 bits per heavy atom. The van der Waals surface area contributed by atoms with E-state index in [0.717, 1.165) is 33.3 Å². The molecule has 0 unspecified atom stereocenters. The Labute approximate surface area is 182 Å². The van der Waals surface area contributed by atoms with Gasteiger partial charge < -0.3 is 0 Å². The molecule has 2 aromatic carbocycles. The highest BCUT2D eigenvalue weighted by Gasteiger charge is 2.13. The molecule has 0 saturated heterocycles. The Morgan fingerprint density at radius 1 is 1.07 bits per heavy atom. The van der Waals surface area contributed by atoms with Crippen LogP contribution >= 0.6 is 35.0 Å². The van der Waals surface area contributed by atoms with Crippen LogP contribution in [0, 0.1) is 6.92 Å². The van der Waals surface area contributed by atoms with E-state index < -0.39 is 0 Å². The maximum Gasteiger partial charge on any atom is 0.212 e. The molecule has 4 rings (SSSR count). The van der Waals surface area contributed by atoms with Crippen molar-refractivity contribution >= 4 is 41.2 Å². The van der Waals surface area contributed by atoms with Crippen molar-refractivity contribution in [3.8, 4) is 5.69 Å². The fraction of sp³-hybridized carbons (Fsp3) is 0.100. The van der Waals surface area contributed by atoms with Crippen LogP contribution in [0.1, 0.15) is 16.8 Å². The van der Waals surface area contributed by atoms with Gasteiger partial charge in [-0.15, -0.1) is 10.2 Å². The zero-order valence-electron chi connectivity index (χ0n) is 15.4. The van der Waals surface area contributed by atoms with Crippen LogP contribution in [-0.2, 0) is 5.75 Å². The van der Waals surface area contributed by atoms with E-state index in [1.807, 2.05) is 61.5 Å². The predicted octanol–water partition coefficient (Wildman–Crippen LogP) is 5.25. The lowest BCUT2D eigenvalue weighted by Gasteiger charge is -2.02. The molecular formula is C20H16Cl2N6S. The average molecular weight is 443 g/mol. The molecule has 4 aromatic rings. The summed E-state index contributed by atoms with van der Waals surface area (Å²) in [5, 5.41) is 19.0. The number of aryl methyl sites for hydroxylation is 1. The number of hydrogen-bond acceptors (Lipinski definition) is 5. The van der Waals surface area contributed by atoms with Gasteiger partial charge in [-0.05, 0) is 36.8 Å². The number of hydrogen-bond donors (Lipinski definition) is 0. The minimum atomic E-state index is 0.501. The fourth-order valence-electron chi connectivity index (χ4n) is 2.64. The number of para-hydroxylation sites is 1. The van der Waals surface area contributed by atoms with Gasteiger partial charge in [0.25, 0.3) is 0 Å². The summed E-state index contributed by atoms with van der Waals surface area (Å²) in [7, 11) is 0. The van der Waals surface area contributed by atoms with E-state index in [0.29, 0.717) is 10.3 Å². The third-order valence-electron chi connectivity index (χ3n) is 4.14. The summed E-state index contributed by atoms with van der Waals surface area (Å²) >= 11 is 14.0. The van der Waals surface area contributed by atoms with Crippen LogP contribution in [0.3, 0.4) is 0 Å². The predicted molar refractivity (Wildman–Crippen MR) is 117 cm³/mol. The Kier molecular flexibility index (Phi) is 5.99. The molecule has 0 aliphatic rings. The van der Waals surface area contributed by atoms with Crippen LogP contribution in [0.5, 0.6) is 0 Å². The van der Waals surface area contributed by atoms with Gasteiger partial charge in [0.2, 0.25) is 5.16 Å². The number of halogens is 2. The van der Waals surface area contributed by atoms with Gasteiger partial charge in [0.1, 0.15) is 11.5 Å². The normalized spacial score (nSPS) is 11.4. The standard InChI is InChI=1S/C20H16Cl2N6S/c1-14-18(19(22)28(26-14)17-5-3-2-4-6-17)11-24-27-13-23-25-20(27)29-12-15-7-9-16(21)10-8-15/h2-11,13H,12H2,1H3/b24-11+. The first kappa shape index (κ1) is 19.7. The molecule has 2 aromatic heterocycles. The molecule has 9 heteroatoms. The van der Waals surface area contributed by atoms with Gasteiger partial charge >= 0.3 is 0 Å². The van der Waals surface area contributed by atoms with Gasteiger partial charge in [-0.2, -0.15) is 14.9 Å². The summed E-state index contributed by atoms with van der Waals surface area (Å²) in [6.07, 6.45) is 3.24. The van der Waals surface area contributed by atoms with Crippen molar-refractivity contribution in [3.05, 3.63) is 87.9 Å². The van der Waals surface area contributed by atoms with E-state index >= 15 is 0 Å². The molecule has 29 heavy (non-hydrogen) atoms. The highest BCUT2D eigenvalue weighted by Crippen LogP contribution is 2.24. The van der Waals surface area contributed by atoms with Crippen LogP contribution in [-0.4, -0.2) is 30.9 Å². The van der Waals surface area contributed by atoms with Gasteiger partial charge in [-0.3, -0.25) is 0 Å². The molecule has 0 bridgehead atoms. The molecule has 2 heterocycles. The first-order chi connectivity index (χ1) is 14.1. The van der Waals surface area contributed by atoms with Gasteiger partial charge in [0.15, 0.2) is 0 Å². The highest BCUT2D eigenvalue weighted by atomic mass is 35.5. The largest absolute Gasteiger partial charge is 0.221 e. The van der Waals surface area contributed by atoms with E-state index in [2.05, 4.69) is 20.4 Å². The lowest BCUT2D eigenvalue weighted by molar-refractivity contribution is 0.767. The topological polar surface area (TPSA) is 60.9 Å². The van der Waals surface area contributed by atoms with Crippen molar-refractivity contribution < 1.29 is 0 Å². The van der Waals surface area contributed by atoms with Gasteiger partial charge in [-0.1, -0.05) is 65.3 Å². The first-order valence-corrected chi connectivity index (χ1v) is 10.5. The quantitative estimate of drug-likeness (QED) is 0.302. The van der Waals surface area contributed by atoms with E-state index in [1.165, 1.54) is 11.8 Å². The molecule has 146 valence electrons. The van der Waals surface area contributed by atoms with Crippen LogP contribution in [0.15, 0.2) is 71.2 Å². The fourth-order valence-corrected chi connectivity index (χ4v) is 3.91. The van der Waals surface area contributed by atoms with E-state index in [-0.39, 0.29) is 0 Å². The molecule has 0 aliphatic heterocycles. The van der Waals surface area contributed by atoms with Crippen molar-refractivity contribution in [2.24, 2.45) is 5.10 Å². The van der Waals surface area contributed by atoms with Crippen molar-refractivity contribution in [1.82, 2.24) is 24.7 Å². The SMILES string of the molecule is Cc1nn(-c2ccccc2)c(Cl)c1/C=N/n1cnnc1SCc1ccc(Cl)cc1. The molecule has 0 fully saturated rings. The van der Waals surface area contributed by atoms with Crippen LogP contribution in [0.2, 0.25) is 10.2 Å². The third-order valence-corrected chi connectivity index (χ3v) is 5.76. The van der Waals surface area contributed by atoms with E-state index in [9.17, 15) is 0 Å². The summed E-state index contributed by atoms with van der Waals surface area (Å²) in [4.78, 5) is 0. The maximum atomic E-state index is 6.55. The highest BCUT2D eigenvalue weighted by molar-refractivity contribution is 7.98. The number of thioether (sulfide) groups is 1. The molecular weight excluding hydrogens is 427 g/mol. The minimum Gasteiger partial charge on any atom is -0.221 e. The maximum absolute atomic E-state index is 6.55. The van der Waals surface area contributed by atoms with Gasteiger partial charge in [0.05, 0.1) is 23.2 Å². The van der Waals surface area contributed by atoms with Crippen LogP contribution < -0.4 is 0 Å². The minimum absolute atomic E-state index is 0.501. The zero-order valence-corrected chi connectivity index (χ0v) is 17.7. The van der Waals surface area contributed by atoms with Crippen LogP contribution in [0.25, 0.3) is 5.69 Å². The number of rotatable bonds is 6. The number of aromatic nitrogens is 5. The van der Waals surface area contributed by atoms with Crippen molar-refractivity contribution in [2.45, 2.75) is 17.8 Å². The first-order valence-electron chi connectivity index (χ1n) is 8.74. The zero-order chi connectivity index (χ0) is 20.2. The van der Waals surface area contributed by atoms with Crippen molar-refractivity contribution in [1.29, 1.82) is 0 Å². The van der Waals surface area contributed by atoms with Crippen molar-refractivity contribution in [2.75, 3.05) is 0 Å². The monoisotopic (exact) mass is 442 g/mol. The summed E-state index contributed by atoms with van der Waals surface area (Å²) in [5.74, 6) is 0.733. The second kappa shape index (κ2) is 8.82. The summed E-state index contributed by atoms with van der Waals surface area (Å²) in [6, 6.07) is 17.4. The summed E-state index contributed by atoms with van der Waals surface area (Å²) < 4.78 is 3.32. The molecule has 0 aliphatic carbocycles. The molecule has 6 nitrogen and oxygen atoms in total. The van der Waals surface area contributed by atoms with E-state index in [1.54, 1.807) is 21.9 Å². The number of benzene rings is 2. The molecule has 0 spiro atoms. The van der Waals surface area contributed by atoms with Gasteiger partial charge in [-0.25, -0.2) is 4.68 Å². The lowest BCUT2D eigenvalue weighted by Crippen LogP contribution is -1.96. The Morgan fingerprint density at radius 3 is 2.59 bits per heavy atom.